The van der Waals surface area contributed by atoms with E-state index in [2.05, 4.69) is 29.2 Å². The summed E-state index contributed by atoms with van der Waals surface area (Å²) in [7, 11) is 0. The lowest BCUT2D eigenvalue weighted by Crippen LogP contribution is -2.30. The van der Waals surface area contributed by atoms with Gasteiger partial charge in [0.2, 0.25) is 0 Å². The van der Waals surface area contributed by atoms with Gasteiger partial charge in [-0.15, -0.1) is 11.3 Å². The van der Waals surface area contributed by atoms with Crippen LogP contribution in [0.15, 0.2) is 88.8 Å². The van der Waals surface area contributed by atoms with Crippen LogP contribution in [0.2, 0.25) is 5.02 Å². The molecule has 208 valence electrons. The number of aromatic nitrogens is 2. The van der Waals surface area contributed by atoms with Gasteiger partial charge in [-0.1, -0.05) is 53.7 Å². The molecule has 0 atom stereocenters. The number of hydrogen-bond acceptors (Lipinski definition) is 7. The summed E-state index contributed by atoms with van der Waals surface area (Å²) < 4.78 is 7.25. The van der Waals surface area contributed by atoms with Crippen LogP contribution in [0.3, 0.4) is 0 Å². The number of rotatable bonds is 9. The first kappa shape index (κ1) is 27.7. The van der Waals surface area contributed by atoms with Crippen LogP contribution in [0.25, 0.3) is 15.9 Å². The van der Waals surface area contributed by atoms with Gasteiger partial charge in [0.25, 0.3) is 5.56 Å². The SMILES string of the molecule is CCOc1ccc(-n2c(SCC(=O)c3ccc(Cl)cc3)nc3sc4c(c3c2=O)CCN(Cc2ccccc2)C4)cc1. The van der Waals surface area contributed by atoms with E-state index < -0.39 is 0 Å². The van der Waals surface area contributed by atoms with Crippen LogP contribution >= 0.6 is 34.7 Å². The average molecular weight is 602 g/mol. The Morgan fingerprint density at radius 3 is 2.54 bits per heavy atom. The van der Waals surface area contributed by atoms with Gasteiger partial charge in [-0.05, 0) is 73.0 Å². The minimum atomic E-state index is -0.102. The fourth-order valence-corrected chi connectivity index (χ4v) is 7.42. The minimum Gasteiger partial charge on any atom is -0.494 e. The fourth-order valence-electron chi connectivity index (χ4n) is 5.09. The van der Waals surface area contributed by atoms with Crippen LogP contribution in [-0.4, -0.2) is 39.1 Å². The number of carbonyl (C=O) groups excluding carboxylic acids is 1. The maximum Gasteiger partial charge on any atom is 0.267 e. The van der Waals surface area contributed by atoms with Crippen molar-refractivity contribution >= 4 is 50.7 Å². The minimum absolute atomic E-state index is 0.0544. The van der Waals surface area contributed by atoms with Crippen LogP contribution in [0.1, 0.15) is 33.3 Å². The van der Waals surface area contributed by atoms with Gasteiger partial charge in [-0.2, -0.15) is 0 Å². The van der Waals surface area contributed by atoms with E-state index in [9.17, 15) is 9.59 Å². The molecule has 0 unspecified atom stereocenters. The van der Waals surface area contributed by atoms with Crippen molar-refractivity contribution in [3.63, 3.8) is 0 Å². The van der Waals surface area contributed by atoms with Gasteiger partial charge in [0.05, 0.1) is 23.4 Å². The third-order valence-corrected chi connectivity index (χ3v) is 9.38. The maximum atomic E-state index is 14.2. The molecule has 0 saturated heterocycles. The molecule has 2 aromatic heterocycles. The molecule has 41 heavy (non-hydrogen) atoms. The fraction of sp³-hybridized carbons (Fsp3) is 0.219. The molecule has 1 aliphatic heterocycles. The molecule has 6 nitrogen and oxygen atoms in total. The molecule has 1 aliphatic rings. The van der Waals surface area contributed by atoms with E-state index in [1.54, 1.807) is 40.2 Å². The number of hydrogen-bond donors (Lipinski definition) is 0. The number of ketones is 1. The summed E-state index contributed by atoms with van der Waals surface area (Å²) in [5.41, 5.74) is 3.53. The molecule has 6 rings (SSSR count). The predicted octanol–water partition coefficient (Wildman–Crippen LogP) is 7.03. The van der Waals surface area contributed by atoms with Gasteiger partial charge >= 0.3 is 0 Å². The summed E-state index contributed by atoms with van der Waals surface area (Å²) >= 11 is 8.86. The van der Waals surface area contributed by atoms with Crippen molar-refractivity contribution in [2.24, 2.45) is 0 Å². The Hall–Kier alpha value is -3.43. The van der Waals surface area contributed by atoms with E-state index in [0.29, 0.717) is 33.4 Å². The Bertz CT molecular complexity index is 1750. The first-order valence-corrected chi connectivity index (χ1v) is 15.7. The second kappa shape index (κ2) is 12.2. The molecule has 0 fully saturated rings. The molecule has 5 aromatic rings. The number of fused-ring (bicyclic) bond motifs is 3. The highest BCUT2D eigenvalue weighted by atomic mass is 35.5. The monoisotopic (exact) mass is 601 g/mol. The van der Waals surface area contributed by atoms with Gasteiger partial charge in [0.1, 0.15) is 10.6 Å². The van der Waals surface area contributed by atoms with Crippen molar-refractivity contribution in [1.82, 2.24) is 14.5 Å². The summed E-state index contributed by atoms with van der Waals surface area (Å²) in [6, 6.07) is 24.7. The summed E-state index contributed by atoms with van der Waals surface area (Å²) in [5.74, 6) is 0.824. The molecule has 3 heterocycles. The standard InChI is InChI=1S/C32H28ClN3O3S2/c1-2-39-25-14-12-24(13-15-25)36-31(38)29-26-16-17-35(18-21-6-4-3-5-7-21)19-28(26)41-30(29)34-32(36)40-20-27(37)22-8-10-23(33)11-9-22/h3-15H,2,16-20H2,1H3. The third-order valence-electron chi connectivity index (χ3n) is 7.08. The van der Waals surface area contributed by atoms with Gasteiger partial charge in [-0.25, -0.2) is 4.98 Å². The summed E-state index contributed by atoms with van der Waals surface area (Å²) in [4.78, 5) is 36.5. The number of thiophene rings is 1. The average Bonchev–Trinajstić information content (AvgIpc) is 3.35. The van der Waals surface area contributed by atoms with Crippen molar-refractivity contribution < 1.29 is 9.53 Å². The molecule has 9 heteroatoms. The molecule has 0 saturated carbocycles. The van der Waals surface area contributed by atoms with E-state index >= 15 is 0 Å². The second-order valence-electron chi connectivity index (χ2n) is 9.81. The number of halogens is 1. The number of nitrogens with zero attached hydrogens (tertiary/aromatic N) is 3. The highest BCUT2D eigenvalue weighted by Crippen LogP contribution is 2.35. The largest absolute Gasteiger partial charge is 0.494 e. The number of ether oxygens (including phenoxy) is 1. The van der Waals surface area contributed by atoms with Crippen molar-refractivity contribution in [1.29, 1.82) is 0 Å². The molecular weight excluding hydrogens is 574 g/mol. The lowest BCUT2D eigenvalue weighted by atomic mass is 10.0. The van der Waals surface area contributed by atoms with Crippen LogP contribution in [-0.2, 0) is 19.5 Å². The molecular formula is C32H28ClN3O3S2. The Morgan fingerprint density at radius 2 is 1.80 bits per heavy atom. The molecule has 0 aliphatic carbocycles. The molecule has 0 spiro atoms. The number of thioether (sulfide) groups is 1. The number of Topliss-reactive ketones (excluding diaryl/α,β-unsaturated/α-hetero) is 1. The Labute approximate surface area is 251 Å². The summed E-state index contributed by atoms with van der Waals surface area (Å²) in [6.45, 7) is 5.02. The van der Waals surface area contributed by atoms with Crippen molar-refractivity contribution in [3.8, 4) is 11.4 Å². The normalized spacial score (nSPS) is 13.3. The molecule has 0 N–H and O–H groups in total. The van der Waals surface area contributed by atoms with Gasteiger partial charge in [0, 0.05) is 35.1 Å². The lowest BCUT2D eigenvalue weighted by Gasteiger charge is -2.26. The van der Waals surface area contributed by atoms with Crippen LogP contribution in [0.5, 0.6) is 5.75 Å². The first-order valence-electron chi connectivity index (χ1n) is 13.5. The van der Waals surface area contributed by atoms with Crippen molar-refractivity contribution in [2.45, 2.75) is 31.6 Å². The van der Waals surface area contributed by atoms with Crippen molar-refractivity contribution in [2.75, 3.05) is 18.9 Å². The summed E-state index contributed by atoms with van der Waals surface area (Å²) in [5, 5.41) is 1.76. The molecule has 0 bridgehead atoms. The third kappa shape index (κ3) is 5.97. The molecule has 3 aromatic carbocycles. The zero-order valence-corrected chi connectivity index (χ0v) is 24.9. The predicted molar refractivity (Wildman–Crippen MR) is 167 cm³/mol. The number of benzene rings is 3. The van der Waals surface area contributed by atoms with Crippen molar-refractivity contribution in [3.05, 3.63) is 116 Å². The van der Waals surface area contributed by atoms with E-state index in [1.807, 2.05) is 37.3 Å². The second-order valence-corrected chi connectivity index (χ2v) is 12.3. The quantitative estimate of drug-likeness (QED) is 0.103. The first-order chi connectivity index (χ1) is 20.0. The van der Waals surface area contributed by atoms with E-state index in [4.69, 9.17) is 21.3 Å². The Kier molecular flexibility index (Phi) is 8.25. The van der Waals surface area contributed by atoms with Crippen LogP contribution in [0, 0.1) is 0 Å². The van der Waals surface area contributed by atoms with Gasteiger partial charge in [-0.3, -0.25) is 19.1 Å². The highest BCUT2D eigenvalue weighted by Gasteiger charge is 2.26. The Balaban J connectivity index is 1.36. The van der Waals surface area contributed by atoms with Crippen LogP contribution in [0.4, 0.5) is 0 Å². The van der Waals surface area contributed by atoms with E-state index in [0.717, 1.165) is 42.2 Å². The lowest BCUT2D eigenvalue weighted by molar-refractivity contribution is 0.102. The zero-order chi connectivity index (χ0) is 28.3. The number of carbonyl (C=O) groups is 1. The van der Waals surface area contributed by atoms with E-state index in [-0.39, 0.29) is 17.1 Å². The molecule has 0 radical (unpaired) electrons. The Morgan fingerprint density at radius 1 is 1.05 bits per heavy atom. The van der Waals surface area contributed by atoms with Gasteiger partial charge < -0.3 is 4.74 Å². The maximum absolute atomic E-state index is 14.2. The zero-order valence-electron chi connectivity index (χ0n) is 22.5. The topological polar surface area (TPSA) is 64.4 Å². The highest BCUT2D eigenvalue weighted by molar-refractivity contribution is 7.99. The molecule has 0 amide bonds. The van der Waals surface area contributed by atoms with Crippen LogP contribution < -0.4 is 10.3 Å². The summed E-state index contributed by atoms with van der Waals surface area (Å²) in [6.07, 6.45) is 0.796. The smallest absolute Gasteiger partial charge is 0.267 e. The van der Waals surface area contributed by atoms with E-state index in [1.165, 1.54) is 22.2 Å². The van der Waals surface area contributed by atoms with Gasteiger partial charge in [0.15, 0.2) is 10.9 Å².